The number of aromatic nitrogens is 2. The van der Waals surface area contributed by atoms with Gasteiger partial charge < -0.3 is 24.6 Å². The number of nitrogens with zero attached hydrogens (tertiary/aromatic N) is 4. The second-order valence-corrected chi connectivity index (χ2v) is 18.9. The number of carbonyl (C=O) groups excluding carboxylic acids is 4. The summed E-state index contributed by atoms with van der Waals surface area (Å²) >= 11 is 6.78. The van der Waals surface area contributed by atoms with Gasteiger partial charge in [0, 0.05) is 55.3 Å². The molecular formula is C42H47ClF2N6O8S. The summed E-state index contributed by atoms with van der Waals surface area (Å²) in [6.45, 7) is -0.946. The number of alkyl halides is 2. The topological polar surface area (TPSA) is 177 Å². The Labute approximate surface area is 351 Å². The third-order valence-corrected chi connectivity index (χ3v) is 14.4. The highest BCUT2D eigenvalue weighted by Gasteiger charge is 2.62. The van der Waals surface area contributed by atoms with Crippen molar-refractivity contribution in [3.05, 3.63) is 59.8 Å². The van der Waals surface area contributed by atoms with Crippen molar-refractivity contribution in [2.24, 2.45) is 11.8 Å². The number of sulfonamides is 1. The van der Waals surface area contributed by atoms with Gasteiger partial charge in [0.1, 0.15) is 34.2 Å². The maximum Gasteiger partial charge on any atom is 0.267 e. The monoisotopic (exact) mass is 868 g/mol. The maximum atomic E-state index is 14.8. The summed E-state index contributed by atoms with van der Waals surface area (Å²) in [5.74, 6) is -6.33. The molecule has 4 amide bonds. The molecule has 60 heavy (non-hydrogen) atoms. The number of methoxy groups -OCH3 is 1. The average Bonchev–Trinajstić information content (AvgIpc) is 4.12. The Hall–Kier alpha value is -4.90. The van der Waals surface area contributed by atoms with Crippen molar-refractivity contribution in [1.29, 1.82) is 0 Å². The average molecular weight is 869 g/mol. The second kappa shape index (κ2) is 16.5. The summed E-state index contributed by atoms with van der Waals surface area (Å²) in [6, 6.07) is 9.23. The Morgan fingerprint density at radius 1 is 1.07 bits per heavy atom. The largest absolute Gasteiger partial charge is 0.495 e. The van der Waals surface area contributed by atoms with E-state index in [-0.39, 0.29) is 43.8 Å². The Morgan fingerprint density at radius 3 is 2.60 bits per heavy atom. The van der Waals surface area contributed by atoms with E-state index in [1.165, 1.54) is 12.0 Å². The maximum absolute atomic E-state index is 14.8. The number of pyridine rings is 2. The Balaban J connectivity index is 1.14. The predicted molar refractivity (Wildman–Crippen MR) is 217 cm³/mol. The van der Waals surface area contributed by atoms with Crippen LogP contribution < -0.4 is 19.5 Å². The first-order valence-electron chi connectivity index (χ1n) is 20.4. The fraction of sp³-hybridized carbons (Fsp3) is 0.524. The number of rotatable bonds is 9. The van der Waals surface area contributed by atoms with E-state index in [4.69, 9.17) is 26.1 Å². The first kappa shape index (κ1) is 41.8. The lowest BCUT2D eigenvalue weighted by Gasteiger charge is -2.30. The molecule has 2 N–H and O–H groups in total. The fourth-order valence-corrected chi connectivity index (χ4v) is 10.2. The van der Waals surface area contributed by atoms with Gasteiger partial charge in [-0.2, -0.15) is 0 Å². The molecule has 5 aliphatic rings. The molecule has 2 saturated carbocycles. The summed E-state index contributed by atoms with van der Waals surface area (Å²) in [6.07, 6.45) is 7.68. The van der Waals surface area contributed by atoms with Gasteiger partial charge >= 0.3 is 0 Å². The van der Waals surface area contributed by atoms with Gasteiger partial charge in [0.05, 0.1) is 42.4 Å². The highest BCUT2D eigenvalue weighted by atomic mass is 35.5. The second-order valence-electron chi connectivity index (χ2n) is 16.5. The van der Waals surface area contributed by atoms with Crippen LogP contribution in [-0.2, 0) is 29.2 Å². The fourth-order valence-electron chi connectivity index (χ4n) is 8.56. The van der Waals surface area contributed by atoms with Crippen LogP contribution in [0.2, 0.25) is 5.02 Å². The number of likely N-dealkylation sites (tertiary alicyclic amines) is 1. The van der Waals surface area contributed by atoms with Crippen LogP contribution in [-0.4, -0.2) is 107 Å². The number of halogens is 3. The molecule has 3 aromatic rings. The molecule has 1 aromatic carbocycles. The highest BCUT2D eigenvalue weighted by molar-refractivity contribution is 7.91. The lowest BCUT2D eigenvalue weighted by atomic mass is 9.94. The van der Waals surface area contributed by atoms with Crippen molar-refractivity contribution >= 4 is 56.2 Å². The number of ether oxygens (including phenoxy) is 2. The van der Waals surface area contributed by atoms with Gasteiger partial charge in [0.25, 0.3) is 11.8 Å². The van der Waals surface area contributed by atoms with Gasteiger partial charge in [-0.15, -0.1) is 0 Å². The molecule has 8 rings (SSSR count). The minimum atomic E-state index is -3.95. The zero-order valence-electron chi connectivity index (χ0n) is 33.1. The zero-order chi connectivity index (χ0) is 42.4. The van der Waals surface area contributed by atoms with E-state index in [9.17, 15) is 36.4 Å². The van der Waals surface area contributed by atoms with Crippen LogP contribution in [0.1, 0.15) is 70.6 Å². The van der Waals surface area contributed by atoms with Gasteiger partial charge in [0.15, 0.2) is 0 Å². The molecule has 2 saturated heterocycles. The molecule has 5 heterocycles. The first-order chi connectivity index (χ1) is 28.7. The van der Waals surface area contributed by atoms with Crippen molar-refractivity contribution in [2.75, 3.05) is 26.7 Å². The molecule has 18 heteroatoms. The molecule has 320 valence electrons. The van der Waals surface area contributed by atoms with Gasteiger partial charge in [-0.25, -0.2) is 22.2 Å². The third kappa shape index (κ3) is 8.65. The molecule has 0 bridgehead atoms. The highest BCUT2D eigenvalue weighted by Crippen LogP contribution is 2.46. The third-order valence-electron chi connectivity index (χ3n) is 12.2. The molecular weight excluding hydrogens is 822 g/mol. The SMILES string of the molecule is COc1ccc2c(O[C@@H]3C[C@H]4C(=O)N[C@]5(C(=O)NS(=O)(=O)C6CC6)C[C@H]5/C=C\CCCCC[C@H](CC(=O)N5CCC(F)(F)C5)C(=O)N4C3)cc(-c3ccccn3)nc2c1Cl. The van der Waals surface area contributed by atoms with E-state index < -0.39 is 87.3 Å². The number of hydrogen-bond acceptors (Lipinski definition) is 10. The standard InChI is InChI=1S/C42H47ClF2N6O8S/c1-58-33-15-14-29-34(21-31(47-37(29)36(33)43)30-11-7-8-17-46-30)59-27-20-32-38(53)48-42(40(55)49-60(56,57)28-12-13-28)22-26(42)10-6-4-2-3-5-9-25(39(54)51(32)23-27)19-35(52)50-18-16-41(44,45)24-50/h6-8,10-11,14-15,17,21,25-28,32H,2-5,9,12-13,16,18-20,22-24H2,1H3,(H,48,53)(H,49,55)/b10-6-/t25-,26-,27-,32+,42-/m1/s1. The first-order valence-corrected chi connectivity index (χ1v) is 22.4. The normalized spacial score (nSPS) is 27.5. The van der Waals surface area contributed by atoms with Crippen LogP contribution >= 0.6 is 11.6 Å². The quantitative estimate of drug-likeness (QED) is 0.273. The summed E-state index contributed by atoms with van der Waals surface area (Å²) < 4.78 is 68.5. The van der Waals surface area contributed by atoms with Crippen LogP contribution in [0, 0.1) is 11.8 Å². The predicted octanol–water partition coefficient (Wildman–Crippen LogP) is 5.18. The number of fused-ring (bicyclic) bond motifs is 3. The van der Waals surface area contributed by atoms with E-state index in [0.29, 0.717) is 65.9 Å². The summed E-state index contributed by atoms with van der Waals surface area (Å²) in [5.41, 5.74) is -0.249. The summed E-state index contributed by atoms with van der Waals surface area (Å²) in [5, 5.41) is 2.94. The van der Waals surface area contributed by atoms with Gasteiger partial charge in [-0.05, 0) is 62.8 Å². The van der Waals surface area contributed by atoms with Gasteiger partial charge in [-0.1, -0.05) is 42.7 Å². The van der Waals surface area contributed by atoms with Crippen molar-refractivity contribution in [2.45, 2.75) is 99.5 Å². The van der Waals surface area contributed by atoms with Crippen LogP contribution in [0.25, 0.3) is 22.3 Å². The summed E-state index contributed by atoms with van der Waals surface area (Å²) in [4.78, 5) is 68.4. The van der Waals surface area contributed by atoms with Crippen molar-refractivity contribution in [3.63, 3.8) is 0 Å². The van der Waals surface area contributed by atoms with Crippen molar-refractivity contribution in [1.82, 2.24) is 29.8 Å². The zero-order valence-corrected chi connectivity index (χ0v) is 34.7. The van der Waals surface area contributed by atoms with Crippen LogP contribution in [0.5, 0.6) is 11.5 Å². The van der Waals surface area contributed by atoms with E-state index in [1.807, 2.05) is 12.2 Å². The minimum absolute atomic E-state index is 0.0399. The molecule has 0 radical (unpaired) electrons. The van der Waals surface area contributed by atoms with E-state index >= 15 is 0 Å². The number of benzene rings is 1. The molecule has 3 aliphatic heterocycles. The number of carbonyl (C=O) groups is 4. The number of allylic oxidation sites excluding steroid dienone is 1. The van der Waals surface area contributed by atoms with Gasteiger partial charge in [0.2, 0.25) is 27.7 Å². The molecule has 14 nitrogen and oxygen atoms in total. The van der Waals surface area contributed by atoms with Crippen molar-refractivity contribution < 1.29 is 45.9 Å². The smallest absolute Gasteiger partial charge is 0.267 e. The number of amides is 4. The molecule has 0 spiro atoms. The lowest BCUT2D eigenvalue weighted by Crippen LogP contribution is -2.57. The Bertz CT molecular complexity index is 2330. The Kier molecular flexibility index (Phi) is 11.5. The Morgan fingerprint density at radius 2 is 1.88 bits per heavy atom. The molecule has 5 atom stereocenters. The van der Waals surface area contributed by atoms with Crippen LogP contribution in [0.3, 0.4) is 0 Å². The molecule has 0 unspecified atom stereocenters. The van der Waals surface area contributed by atoms with Crippen LogP contribution in [0.15, 0.2) is 54.7 Å². The van der Waals surface area contributed by atoms with E-state index in [0.717, 1.165) is 11.3 Å². The molecule has 2 aromatic heterocycles. The molecule has 4 fully saturated rings. The van der Waals surface area contributed by atoms with Crippen molar-refractivity contribution in [3.8, 4) is 22.9 Å². The number of nitrogens with one attached hydrogen (secondary N) is 2. The minimum Gasteiger partial charge on any atom is -0.495 e. The van der Waals surface area contributed by atoms with Crippen LogP contribution in [0.4, 0.5) is 8.78 Å². The van der Waals surface area contributed by atoms with E-state index in [1.54, 1.807) is 42.6 Å². The molecule has 2 aliphatic carbocycles. The van der Waals surface area contributed by atoms with Gasteiger partial charge in [-0.3, -0.25) is 28.9 Å². The number of hydrogen-bond donors (Lipinski definition) is 2. The summed E-state index contributed by atoms with van der Waals surface area (Å²) in [7, 11) is -2.47. The lowest BCUT2D eigenvalue weighted by molar-refractivity contribution is -0.145. The van der Waals surface area contributed by atoms with E-state index in [2.05, 4.69) is 15.0 Å².